The zero-order chi connectivity index (χ0) is 29.4. The predicted molar refractivity (Wildman–Crippen MR) is 145 cm³/mol. The van der Waals surface area contributed by atoms with Crippen molar-refractivity contribution in [3.8, 4) is 11.5 Å². The van der Waals surface area contributed by atoms with E-state index in [0.717, 1.165) is 56.6 Å². The van der Waals surface area contributed by atoms with Crippen molar-refractivity contribution in [3.05, 3.63) is 69.8 Å². The first-order valence-electron chi connectivity index (χ1n) is 13.3. The third-order valence-corrected chi connectivity index (χ3v) is 7.24. The molecule has 1 atom stereocenters. The van der Waals surface area contributed by atoms with E-state index in [-0.39, 0.29) is 36.4 Å². The normalized spacial score (nSPS) is 15.1. The first-order valence-corrected chi connectivity index (χ1v) is 13.7. The Morgan fingerprint density at radius 2 is 1.85 bits per heavy atom. The molecule has 0 amide bonds. The fourth-order valence-electron chi connectivity index (χ4n) is 4.74. The van der Waals surface area contributed by atoms with Gasteiger partial charge in [0.25, 0.3) is 0 Å². The summed E-state index contributed by atoms with van der Waals surface area (Å²) in [5, 5.41) is 21.0. The van der Waals surface area contributed by atoms with Gasteiger partial charge in [-0.1, -0.05) is 12.1 Å². The topological polar surface area (TPSA) is 116 Å². The first kappa shape index (κ1) is 30.4. The molecule has 3 heterocycles. The summed E-state index contributed by atoms with van der Waals surface area (Å²) in [5.74, 6) is 1.42. The smallest absolute Gasteiger partial charge is 0.489 e. The molecule has 41 heavy (non-hydrogen) atoms. The van der Waals surface area contributed by atoms with Gasteiger partial charge in [0.1, 0.15) is 30.1 Å². The van der Waals surface area contributed by atoms with Crippen LogP contribution in [0.5, 0.6) is 11.5 Å². The number of rotatable bonds is 13. The van der Waals surface area contributed by atoms with Crippen LogP contribution in [0.15, 0.2) is 48.8 Å². The van der Waals surface area contributed by atoms with Crippen molar-refractivity contribution in [1.29, 1.82) is 0 Å². The number of aromatic nitrogens is 3. The summed E-state index contributed by atoms with van der Waals surface area (Å²) in [6.07, 6.45) is 2.54. The van der Waals surface area contributed by atoms with E-state index in [1.165, 1.54) is 22.9 Å². The number of hydrogen-bond donors (Lipinski definition) is 1. The van der Waals surface area contributed by atoms with E-state index in [4.69, 9.17) is 16.3 Å². The lowest BCUT2D eigenvalue weighted by Crippen LogP contribution is -2.34. The summed E-state index contributed by atoms with van der Waals surface area (Å²) in [6, 6.07) is 9.75. The number of anilines is 1. The van der Waals surface area contributed by atoms with E-state index in [1.807, 2.05) is 12.1 Å². The highest BCUT2D eigenvalue weighted by molar-refractivity contribution is 6.28. The van der Waals surface area contributed by atoms with E-state index in [2.05, 4.69) is 19.6 Å². The van der Waals surface area contributed by atoms with Crippen molar-refractivity contribution in [2.75, 3.05) is 24.6 Å². The fourth-order valence-corrected chi connectivity index (χ4v) is 4.96. The first-order chi connectivity index (χ1) is 19.6. The number of halogens is 4. The summed E-state index contributed by atoms with van der Waals surface area (Å²) in [6.45, 7) is 2.06. The van der Waals surface area contributed by atoms with E-state index in [9.17, 15) is 28.4 Å². The van der Waals surface area contributed by atoms with Crippen molar-refractivity contribution in [3.63, 3.8) is 0 Å². The van der Waals surface area contributed by atoms with Gasteiger partial charge in [-0.2, -0.15) is 0 Å². The Morgan fingerprint density at radius 1 is 1.15 bits per heavy atom. The number of nitro groups is 1. The molecule has 4 rings (SSSR count). The Morgan fingerprint density at radius 3 is 2.46 bits per heavy atom. The van der Waals surface area contributed by atoms with Gasteiger partial charge >= 0.3 is 17.5 Å². The van der Waals surface area contributed by atoms with Gasteiger partial charge in [-0.25, -0.2) is 4.98 Å². The van der Waals surface area contributed by atoms with Crippen LogP contribution < -0.4 is 14.4 Å². The van der Waals surface area contributed by atoms with Crippen molar-refractivity contribution in [1.82, 2.24) is 14.5 Å². The minimum absolute atomic E-state index is 0.0132. The molecule has 3 aromatic rings. The second kappa shape index (κ2) is 13.9. The molecular weight excluding hydrogens is 567 g/mol. The van der Waals surface area contributed by atoms with Crippen molar-refractivity contribution >= 4 is 23.2 Å². The van der Waals surface area contributed by atoms with Gasteiger partial charge in [0.15, 0.2) is 0 Å². The molecule has 222 valence electrons. The molecule has 0 radical (unpaired) electrons. The third kappa shape index (κ3) is 9.49. The molecule has 1 N–H and O–H groups in total. The number of alkyl halides is 3. The summed E-state index contributed by atoms with van der Waals surface area (Å²) in [4.78, 5) is 20.5. The summed E-state index contributed by atoms with van der Waals surface area (Å²) >= 11 is 5.89. The molecule has 0 spiro atoms. The van der Waals surface area contributed by atoms with Gasteiger partial charge in [0.2, 0.25) is 0 Å². The van der Waals surface area contributed by atoms with Gasteiger partial charge in [0.05, 0.1) is 12.3 Å². The number of piperidine rings is 1. The van der Waals surface area contributed by atoms with Crippen LogP contribution in [-0.4, -0.2) is 56.7 Å². The SMILES string of the molecule is O=[N+]([O-])c1cn(CCC(O)COc2ccc(N3CCC(CCCc4ccc(OC(F)(F)F)cc4)CC3)nc2)c(Cl)n1. The molecule has 1 aromatic carbocycles. The van der Waals surface area contributed by atoms with Crippen LogP contribution >= 0.6 is 11.6 Å². The average molecular weight is 598 g/mol. The van der Waals surface area contributed by atoms with Gasteiger partial charge in [0, 0.05) is 19.6 Å². The molecule has 10 nitrogen and oxygen atoms in total. The standard InChI is InChI=1S/C27H31ClF3N5O5/c28-26-33-25(36(38)39)17-35(26)15-12-21(37)18-40-23-8-9-24(32-16-23)34-13-10-20(11-14-34)3-1-2-19-4-6-22(7-5-19)41-27(29,30)31/h4-9,16-17,20-21,37H,1-3,10-15,18H2. The van der Waals surface area contributed by atoms with Crippen LogP contribution in [0.2, 0.25) is 5.28 Å². The Kier molecular flexibility index (Phi) is 10.3. The van der Waals surface area contributed by atoms with Crippen LogP contribution in [0.4, 0.5) is 24.8 Å². The van der Waals surface area contributed by atoms with Crippen molar-refractivity contribution in [2.24, 2.45) is 5.92 Å². The largest absolute Gasteiger partial charge is 0.573 e. The van der Waals surface area contributed by atoms with Gasteiger partial charge < -0.3 is 29.6 Å². The lowest BCUT2D eigenvalue weighted by atomic mass is 9.91. The maximum absolute atomic E-state index is 12.3. The summed E-state index contributed by atoms with van der Waals surface area (Å²) in [7, 11) is 0. The van der Waals surface area contributed by atoms with Crippen LogP contribution in [0, 0.1) is 16.0 Å². The number of benzene rings is 1. The molecule has 14 heteroatoms. The molecule has 2 aromatic heterocycles. The highest BCUT2D eigenvalue weighted by Crippen LogP contribution is 2.27. The number of aryl methyl sites for hydroxylation is 2. The predicted octanol–water partition coefficient (Wildman–Crippen LogP) is 5.81. The molecule has 1 unspecified atom stereocenters. The molecule has 0 bridgehead atoms. The maximum atomic E-state index is 12.3. The molecule has 1 saturated heterocycles. The van der Waals surface area contributed by atoms with E-state index in [0.29, 0.717) is 11.7 Å². The number of pyridine rings is 1. The average Bonchev–Trinajstić information content (AvgIpc) is 3.32. The summed E-state index contributed by atoms with van der Waals surface area (Å²) < 4.78 is 47.8. The second-order valence-corrected chi connectivity index (χ2v) is 10.3. The van der Waals surface area contributed by atoms with Crippen LogP contribution in [0.25, 0.3) is 0 Å². The zero-order valence-electron chi connectivity index (χ0n) is 22.2. The highest BCUT2D eigenvalue weighted by atomic mass is 35.5. The van der Waals surface area contributed by atoms with Gasteiger partial charge in [-0.3, -0.25) is 4.57 Å². The number of aliphatic hydroxyl groups excluding tert-OH is 1. The lowest BCUT2D eigenvalue weighted by Gasteiger charge is -2.33. The third-order valence-electron chi connectivity index (χ3n) is 6.94. The van der Waals surface area contributed by atoms with Gasteiger partial charge in [-0.15, -0.1) is 13.2 Å². The molecule has 1 aliphatic rings. The minimum Gasteiger partial charge on any atom is -0.489 e. The molecule has 0 aliphatic carbocycles. The van der Waals surface area contributed by atoms with Crippen molar-refractivity contribution < 1.29 is 32.7 Å². The molecule has 0 saturated carbocycles. The fraction of sp³-hybridized carbons (Fsp3) is 0.481. The molecular formula is C27H31ClF3N5O5. The number of imidazole rings is 1. The van der Waals surface area contributed by atoms with Crippen molar-refractivity contribution in [2.45, 2.75) is 57.5 Å². The van der Waals surface area contributed by atoms with Gasteiger partial charge in [-0.05, 0) is 95.8 Å². The van der Waals surface area contributed by atoms with Crippen LogP contribution in [0.3, 0.4) is 0 Å². The number of aliphatic hydroxyl groups is 1. The van der Waals surface area contributed by atoms with E-state index in [1.54, 1.807) is 18.3 Å². The Bertz CT molecular complexity index is 1270. The Labute approximate surface area is 239 Å². The number of ether oxygens (including phenoxy) is 2. The van der Waals surface area contributed by atoms with E-state index < -0.39 is 17.4 Å². The monoisotopic (exact) mass is 597 g/mol. The van der Waals surface area contributed by atoms with Crippen LogP contribution in [0.1, 0.15) is 37.7 Å². The number of hydrogen-bond acceptors (Lipinski definition) is 8. The second-order valence-electron chi connectivity index (χ2n) is 9.94. The van der Waals surface area contributed by atoms with Crippen LogP contribution in [-0.2, 0) is 13.0 Å². The summed E-state index contributed by atoms with van der Waals surface area (Å²) in [5.41, 5.74) is 0.991. The molecule has 1 fully saturated rings. The number of nitrogens with zero attached hydrogens (tertiary/aromatic N) is 5. The zero-order valence-corrected chi connectivity index (χ0v) is 22.9. The quantitative estimate of drug-likeness (QED) is 0.194. The maximum Gasteiger partial charge on any atom is 0.573 e. The highest BCUT2D eigenvalue weighted by Gasteiger charge is 2.31. The minimum atomic E-state index is -4.68. The lowest BCUT2D eigenvalue weighted by molar-refractivity contribution is -0.389. The Hall–Kier alpha value is -3.58. The molecule has 1 aliphatic heterocycles. The Balaban J connectivity index is 1.13. The van der Waals surface area contributed by atoms with E-state index >= 15 is 0 Å².